The first-order chi connectivity index (χ1) is 16.3. The molecule has 176 valence electrons. The van der Waals surface area contributed by atoms with Gasteiger partial charge < -0.3 is 28.6 Å². The summed E-state index contributed by atoms with van der Waals surface area (Å²) in [6.45, 7) is 1.57. The summed E-state index contributed by atoms with van der Waals surface area (Å²) in [7, 11) is 2.97. The Labute approximate surface area is 195 Å². The van der Waals surface area contributed by atoms with Crippen LogP contribution in [0.1, 0.15) is 29.1 Å². The Morgan fingerprint density at radius 2 is 1.88 bits per heavy atom. The number of methoxy groups -OCH3 is 2. The van der Waals surface area contributed by atoms with Crippen molar-refractivity contribution in [3.8, 4) is 11.5 Å². The molecule has 4 rings (SSSR count). The molecule has 0 spiro atoms. The maximum Gasteiger partial charge on any atom is 0.308 e. The van der Waals surface area contributed by atoms with Crippen LogP contribution in [0.15, 0.2) is 64.3 Å². The SMILES string of the molecule is COCCN1C(=O)C(O)=C(C(=O)c2cc3cccc(OC)c3o2)C1c1cccc(OC(C)=O)c1. The van der Waals surface area contributed by atoms with Gasteiger partial charge in [0.15, 0.2) is 22.9 Å². The zero-order valence-corrected chi connectivity index (χ0v) is 18.9. The summed E-state index contributed by atoms with van der Waals surface area (Å²) in [5.41, 5.74) is 0.714. The van der Waals surface area contributed by atoms with Gasteiger partial charge in [0, 0.05) is 26.0 Å². The van der Waals surface area contributed by atoms with Gasteiger partial charge in [-0.15, -0.1) is 0 Å². The quantitative estimate of drug-likeness (QED) is 0.305. The summed E-state index contributed by atoms with van der Waals surface area (Å²) >= 11 is 0. The van der Waals surface area contributed by atoms with Crippen LogP contribution in [-0.2, 0) is 14.3 Å². The maximum atomic E-state index is 13.6. The van der Waals surface area contributed by atoms with Crippen LogP contribution in [0.5, 0.6) is 11.5 Å². The summed E-state index contributed by atoms with van der Waals surface area (Å²) < 4.78 is 21.4. The number of rotatable bonds is 8. The molecule has 9 nitrogen and oxygen atoms in total. The molecule has 1 aliphatic heterocycles. The molecule has 1 aliphatic rings. The van der Waals surface area contributed by atoms with E-state index in [9.17, 15) is 19.5 Å². The predicted octanol–water partition coefficient (Wildman–Crippen LogP) is 3.59. The molecule has 1 N–H and O–H groups in total. The molecule has 0 saturated heterocycles. The molecule has 9 heteroatoms. The van der Waals surface area contributed by atoms with Crippen LogP contribution in [0.25, 0.3) is 11.0 Å². The normalized spacial score (nSPS) is 15.8. The standard InChI is InChI=1S/C25H23NO8/c1-14(27)33-17-8-4-6-15(12-17)21-20(23(29)25(30)26(21)10-11-31-2)22(28)19-13-16-7-5-9-18(32-3)24(16)34-19/h4-9,12-13,21,29H,10-11H2,1-3H3. The number of aliphatic hydroxyl groups is 1. The molecule has 3 aromatic rings. The molecule has 0 fully saturated rings. The molecule has 0 saturated carbocycles. The van der Waals surface area contributed by atoms with Crippen LogP contribution in [0.4, 0.5) is 0 Å². The van der Waals surface area contributed by atoms with Crippen LogP contribution in [0.3, 0.4) is 0 Å². The topological polar surface area (TPSA) is 116 Å². The fourth-order valence-corrected chi connectivity index (χ4v) is 4.01. The highest BCUT2D eigenvalue weighted by Gasteiger charge is 2.44. The van der Waals surface area contributed by atoms with Gasteiger partial charge >= 0.3 is 5.97 Å². The molecule has 1 atom stereocenters. The van der Waals surface area contributed by atoms with E-state index in [1.165, 1.54) is 32.1 Å². The second kappa shape index (κ2) is 9.40. The number of amides is 1. The number of fused-ring (bicyclic) bond motifs is 1. The number of para-hydroxylation sites is 1. The number of hydrogen-bond acceptors (Lipinski definition) is 8. The number of aliphatic hydroxyl groups excluding tert-OH is 1. The van der Waals surface area contributed by atoms with Gasteiger partial charge in [0.1, 0.15) is 5.75 Å². The maximum absolute atomic E-state index is 13.6. The van der Waals surface area contributed by atoms with E-state index in [0.29, 0.717) is 22.3 Å². The Bertz CT molecular complexity index is 1310. The van der Waals surface area contributed by atoms with E-state index in [-0.39, 0.29) is 30.2 Å². The lowest BCUT2D eigenvalue weighted by atomic mass is 9.95. The van der Waals surface area contributed by atoms with Gasteiger partial charge in [-0.05, 0) is 29.8 Å². The first kappa shape index (κ1) is 23.1. The Balaban J connectivity index is 1.81. The van der Waals surface area contributed by atoms with Crippen molar-refractivity contribution in [3.63, 3.8) is 0 Å². The number of carbonyl (C=O) groups excluding carboxylic acids is 3. The number of hydrogen-bond donors (Lipinski definition) is 1. The molecular weight excluding hydrogens is 442 g/mol. The van der Waals surface area contributed by atoms with Crippen molar-refractivity contribution in [2.45, 2.75) is 13.0 Å². The lowest BCUT2D eigenvalue weighted by Gasteiger charge is -2.26. The molecule has 2 aromatic carbocycles. The Morgan fingerprint density at radius 3 is 2.59 bits per heavy atom. The highest BCUT2D eigenvalue weighted by Crippen LogP contribution is 2.40. The largest absolute Gasteiger partial charge is 0.503 e. The molecule has 1 aromatic heterocycles. The Morgan fingerprint density at radius 1 is 1.12 bits per heavy atom. The van der Waals surface area contributed by atoms with Crippen molar-refractivity contribution in [2.24, 2.45) is 0 Å². The van der Waals surface area contributed by atoms with Gasteiger partial charge in [0.25, 0.3) is 5.91 Å². The van der Waals surface area contributed by atoms with Crippen LogP contribution < -0.4 is 9.47 Å². The van der Waals surface area contributed by atoms with Gasteiger partial charge in [-0.25, -0.2) is 0 Å². The number of carbonyl (C=O) groups is 3. The minimum Gasteiger partial charge on any atom is -0.503 e. The van der Waals surface area contributed by atoms with E-state index in [2.05, 4.69) is 0 Å². The predicted molar refractivity (Wildman–Crippen MR) is 121 cm³/mol. The van der Waals surface area contributed by atoms with Crippen LogP contribution >= 0.6 is 0 Å². The molecule has 0 aliphatic carbocycles. The Kier molecular flexibility index (Phi) is 6.38. The van der Waals surface area contributed by atoms with Crippen molar-refractivity contribution in [3.05, 3.63) is 71.2 Å². The summed E-state index contributed by atoms with van der Waals surface area (Å²) in [6.07, 6.45) is 0. The van der Waals surface area contributed by atoms with Crippen molar-refractivity contribution in [2.75, 3.05) is 27.4 Å². The van der Waals surface area contributed by atoms with E-state index in [1.807, 2.05) is 0 Å². The van der Waals surface area contributed by atoms with Crippen molar-refractivity contribution < 1.29 is 38.1 Å². The van der Waals surface area contributed by atoms with Crippen LogP contribution in [0.2, 0.25) is 0 Å². The minimum absolute atomic E-state index is 0.0522. The summed E-state index contributed by atoms with van der Waals surface area (Å²) in [5.74, 6) is -1.90. The van der Waals surface area contributed by atoms with Gasteiger partial charge in [-0.1, -0.05) is 24.3 Å². The van der Waals surface area contributed by atoms with Gasteiger partial charge in [0.2, 0.25) is 5.78 Å². The third-order valence-electron chi connectivity index (χ3n) is 5.47. The van der Waals surface area contributed by atoms with Crippen molar-refractivity contribution >= 4 is 28.6 Å². The van der Waals surface area contributed by atoms with Crippen LogP contribution in [-0.4, -0.2) is 55.0 Å². The van der Waals surface area contributed by atoms with E-state index < -0.39 is 29.5 Å². The van der Waals surface area contributed by atoms with Gasteiger partial charge in [0.05, 0.1) is 25.3 Å². The molecule has 0 bridgehead atoms. The number of esters is 1. The first-order valence-corrected chi connectivity index (χ1v) is 10.5. The summed E-state index contributed by atoms with van der Waals surface area (Å²) in [6, 6.07) is 12.3. The zero-order chi connectivity index (χ0) is 24.4. The van der Waals surface area contributed by atoms with Crippen molar-refractivity contribution in [1.82, 2.24) is 4.90 Å². The number of Topliss-reactive ketones (excluding diaryl/α,β-unsaturated/α-hetero) is 1. The lowest BCUT2D eigenvalue weighted by Crippen LogP contribution is -2.34. The fourth-order valence-electron chi connectivity index (χ4n) is 4.01. The van der Waals surface area contributed by atoms with Crippen LogP contribution in [0, 0.1) is 0 Å². The second-order valence-electron chi connectivity index (χ2n) is 7.64. The van der Waals surface area contributed by atoms with E-state index >= 15 is 0 Å². The average molecular weight is 465 g/mol. The molecule has 2 heterocycles. The monoisotopic (exact) mass is 465 g/mol. The number of nitrogens with zero attached hydrogens (tertiary/aromatic N) is 1. The van der Waals surface area contributed by atoms with Gasteiger partial charge in [-0.3, -0.25) is 14.4 Å². The first-order valence-electron chi connectivity index (χ1n) is 10.5. The van der Waals surface area contributed by atoms with E-state index in [1.54, 1.807) is 42.5 Å². The van der Waals surface area contributed by atoms with E-state index in [4.69, 9.17) is 18.6 Å². The third-order valence-corrected chi connectivity index (χ3v) is 5.47. The van der Waals surface area contributed by atoms with Gasteiger partial charge in [-0.2, -0.15) is 0 Å². The van der Waals surface area contributed by atoms with E-state index in [0.717, 1.165) is 0 Å². The third kappa shape index (κ3) is 4.13. The highest BCUT2D eigenvalue weighted by molar-refractivity contribution is 6.16. The highest BCUT2D eigenvalue weighted by atomic mass is 16.5. The fraction of sp³-hybridized carbons (Fsp3) is 0.240. The summed E-state index contributed by atoms with van der Waals surface area (Å²) in [5, 5.41) is 11.4. The minimum atomic E-state index is -0.944. The summed E-state index contributed by atoms with van der Waals surface area (Å²) in [4.78, 5) is 39.3. The van der Waals surface area contributed by atoms with Crippen molar-refractivity contribution in [1.29, 1.82) is 0 Å². The second-order valence-corrected chi connectivity index (χ2v) is 7.64. The molecule has 0 radical (unpaired) electrons. The number of benzene rings is 2. The Hall–Kier alpha value is -4.11. The number of ether oxygens (including phenoxy) is 3. The molecular formula is C25H23NO8. The number of ketones is 1. The average Bonchev–Trinajstić information content (AvgIpc) is 3.36. The molecule has 1 amide bonds. The number of furan rings is 1. The smallest absolute Gasteiger partial charge is 0.308 e. The zero-order valence-electron chi connectivity index (χ0n) is 18.9. The molecule has 34 heavy (non-hydrogen) atoms. The molecule has 1 unspecified atom stereocenters. The lowest BCUT2D eigenvalue weighted by molar-refractivity contribution is -0.132.